The first-order chi connectivity index (χ1) is 10.0. The number of rotatable bonds is 6. The van der Waals surface area contributed by atoms with Gasteiger partial charge in [-0.2, -0.15) is 0 Å². The molecule has 3 N–H and O–H groups in total. The average Bonchev–Trinajstić information content (AvgIpc) is 2.94. The highest BCUT2D eigenvalue weighted by atomic mass is 32.2. The zero-order valence-electron chi connectivity index (χ0n) is 13.0. The second-order valence-electron chi connectivity index (χ2n) is 6.29. The molecule has 1 aromatic rings. The molecule has 0 spiro atoms. The van der Waals surface area contributed by atoms with Crippen LogP contribution >= 0.6 is 11.8 Å². The minimum absolute atomic E-state index is 0.0232. The summed E-state index contributed by atoms with van der Waals surface area (Å²) in [6.45, 7) is 4.68. The number of amides is 1. The smallest absolute Gasteiger partial charge is 0.237 e. The standard InChI is InChI=1S/C17H26N2OS/c1-13(2)15(18)16(20)19-12-17(10-6-7-11-17)21-14-8-4-3-5-9-14/h3-5,8-9,13,15H,6-7,10-12,18H2,1-2H3,(H,19,20)/t15-/m0/s1. The summed E-state index contributed by atoms with van der Waals surface area (Å²) in [5.74, 6) is 0.149. The van der Waals surface area contributed by atoms with Crippen molar-refractivity contribution in [2.24, 2.45) is 11.7 Å². The van der Waals surface area contributed by atoms with E-state index in [4.69, 9.17) is 5.73 Å². The Morgan fingerprint density at radius 2 is 1.90 bits per heavy atom. The van der Waals surface area contributed by atoms with Crippen LogP contribution in [0, 0.1) is 5.92 Å². The quantitative estimate of drug-likeness (QED) is 0.848. The summed E-state index contributed by atoms with van der Waals surface area (Å²) in [7, 11) is 0. The largest absolute Gasteiger partial charge is 0.353 e. The highest BCUT2D eigenvalue weighted by Crippen LogP contribution is 2.44. The highest BCUT2D eigenvalue weighted by molar-refractivity contribution is 8.00. The zero-order chi connectivity index (χ0) is 15.3. The number of thioether (sulfide) groups is 1. The third-order valence-corrected chi connectivity index (χ3v) is 5.69. The van der Waals surface area contributed by atoms with E-state index in [1.165, 1.54) is 17.7 Å². The second kappa shape index (κ2) is 7.32. The molecule has 1 atom stereocenters. The fourth-order valence-corrected chi connectivity index (χ4v) is 4.17. The molecule has 21 heavy (non-hydrogen) atoms. The van der Waals surface area contributed by atoms with Crippen LogP contribution in [0.15, 0.2) is 35.2 Å². The summed E-state index contributed by atoms with van der Waals surface area (Å²) >= 11 is 1.91. The number of hydrogen-bond acceptors (Lipinski definition) is 3. The third-order valence-electron chi connectivity index (χ3n) is 4.20. The first-order valence-electron chi connectivity index (χ1n) is 7.80. The van der Waals surface area contributed by atoms with Gasteiger partial charge in [0.2, 0.25) is 5.91 Å². The summed E-state index contributed by atoms with van der Waals surface area (Å²) in [4.78, 5) is 13.4. The third kappa shape index (κ3) is 4.48. The van der Waals surface area contributed by atoms with Gasteiger partial charge in [-0.1, -0.05) is 44.9 Å². The molecule has 0 radical (unpaired) electrons. The average molecular weight is 306 g/mol. The molecule has 0 heterocycles. The first kappa shape index (κ1) is 16.4. The maximum Gasteiger partial charge on any atom is 0.237 e. The molecule has 3 nitrogen and oxygen atoms in total. The normalized spacial score (nSPS) is 18.7. The van der Waals surface area contributed by atoms with Gasteiger partial charge in [0.15, 0.2) is 0 Å². The molecule has 4 heteroatoms. The number of benzene rings is 1. The molecule has 116 valence electrons. The lowest BCUT2D eigenvalue weighted by molar-refractivity contribution is -0.123. The molecule has 1 amide bonds. The molecule has 2 rings (SSSR count). The van der Waals surface area contributed by atoms with Gasteiger partial charge in [0.1, 0.15) is 0 Å². The molecular weight excluding hydrogens is 280 g/mol. The van der Waals surface area contributed by atoms with Crippen molar-refractivity contribution in [1.29, 1.82) is 0 Å². The van der Waals surface area contributed by atoms with Crippen LogP contribution in [0.2, 0.25) is 0 Å². The van der Waals surface area contributed by atoms with Gasteiger partial charge < -0.3 is 11.1 Å². The Balaban J connectivity index is 1.97. The SMILES string of the molecule is CC(C)[C@H](N)C(=O)NCC1(Sc2ccccc2)CCCC1. The molecule has 0 unspecified atom stereocenters. The van der Waals surface area contributed by atoms with E-state index in [-0.39, 0.29) is 16.6 Å². The van der Waals surface area contributed by atoms with E-state index < -0.39 is 6.04 Å². The maximum absolute atomic E-state index is 12.1. The van der Waals surface area contributed by atoms with Crippen LogP contribution in [0.5, 0.6) is 0 Å². The second-order valence-corrected chi connectivity index (χ2v) is 7.83. The van der Waals surface area contributed by atoms with Gasteiger partial charge in [-0.05, 0) is 30.9 Å². The van der Waals surface area contributed by atoms with E-state index in [0.29, 0.717) is 6.54 Å². The fraction of sp³-hybridized carbons (Fsp3) is 0.588. The van der Waals surface area contributed by atoms with Crippen LogP contribution in [-0.2, 0) is 4.79 Å². The Morgan fingerprint density at radius 3 is 2.48 bits per heavy atom. The topological polar surface area (TPSA) is 55.1 Å². The number of nitrogens with one attached hydrogen (secondary N) is 1. The van der Waals surface area contributed by atoms with E-state index in [0.717, 1.165) is 12.8 Å². The molecule has 0 bridgehead atoms. The van der Waals surface area contributed by atoms with E-state index in [1.54, 1.807) is 0 Å². The van der Waals surface area contributed by atoms with Gasteiger partial charge in [-0.3, -0.25) is 4.79 Å². The van der Waals surface area contributed by atoms with Crippen LogP contribution in [0.4, 0.5) is 0 Å². The zero-order valence-corrected chi connectivity index (χ0v) is 13.8. The van der Waals surface area contributed by atoms with Crippen molar-refractivity contribution in [2.75, 3.05) is 6.54 Å². The van der Waals surface area contributed by atoms with Crippen LogP contribution in [0.3, 0.4) is 0 Å². The molecular formula is C17H26N2OS. The summed E-state index contributed by atoms with van der Waals surface area (Å²) in [5.41, 5.74) is 5.92. The number of nitrogens with two attached hydrogens (primary N) is 1. The van der Waals surface area contributed by atoms with Gasteiger partial charge in [0, 0.05) is 16.2 Å². The maximum atomic E-state index is 12.1. The number of carbonyl (C=O) groups excluding carboxylic acids is 1. The predicted octanol–water partition coefficient (Wildman–Crippen LogP) is 3.19. The van der Waals surface area contributed by atoms with Crippen molar-refractivity contribution < 1.29 is 4.79 Å². The van der Waals surface area contributed by atoms with Crippen molar-refractivity contribution in [3.8, 4) is 0 Å². The Hall–Kier alpha value is -1.00. The van der Waals surface area contributed by atoms with Crippen LogP contribution in [0.25, 0.3) is 0 Å². The Labute approximate surface area is 132 Å². The minimum atomic E-state index is -0.412. The number of carbonyl (C=O) groups is 1. The molecule has 1 saturated carbocycles. The van der Waals surface area contributed by atoms with Crippen LogP contribution < -0.4 is 11.1 Å². The predicted molar refractivity (Wildman–Crippen MR) is 89.3 cm³/mol. The van der Waals surface area contributed by atoms with Crippen LogP contribution in [0.1, 0.15) is 39.5 Å². The van der Waals surface area contributed by atoms with Crippen molar-refractivity contribution in [3.63, 3.8) is 0 Å². The Kier molecular flexibility index (Phi) is 5.71. The summed E-state index contributed by atoms with van der Waals surface area (Å²) in [6, 6.07) is 10.1. The molecule has 0 aliphatic heterocycles. The molecule has 1 aliphatic carbocycles. The number of hydrogen-bond donors (Lipinski definition) is 2. The van der Waals surface area contributed by atoms with Gasteiger partial charge in [0.05, 0.1) is 6.04 Å². The molecule has 1 fully saturated rings. The van der Waals surface area contributed by atoms with Crippen molar-refractivity contribution in [3.05, 3.63) is 30.3 Å². The van der Waals surface area contributed by atoms with Crippen molar-refractivity contribution >= 4 is 17.7 Å². The lowest BCUT2D eigenvalue weighted by Gasteiger charge is -2.29. The van der Waals surface area contributed by atoms with Gasteiger partial charge in [-0.15, -0.1) is 11.8 Å². The lowest BCUT2D eigenvalue weighted by atomic mass is 10.0. The first-order valence-corrected chi connectivity index (χ1v) is 8.61. The Morgan fingerprint density at radius 1 is 1.29 bits per heavy atom. The monoisotopic (exact) mass is 306 g/mol. The summed E-state index contributed by atoms with van der Waals surface area (Å²) in [5, 5.41) is 3.08. The van der Waals surface area contributed by atoms with Gasteiger partial charge in [-0.25, -0.2) is 0 Å². The molecule has 1 aromatic carbocycles. The highest BCUT2D eigenvalue weighted by Gasteiger charge is 2.35. The lowest BCUT2D eigenvalue weighted by Crippen LogP contribution is -2.48. The van der Waals surface area contributed by atoms with Gasteiger partial charge >= 0.3 is 0 Å². The van der Waals surface area contributed by atoms with E-state index in [9.17, 15) is 4.79 Å². The fourth-order valence-electron chi connectivity index (χ4n) is 2.74. The molecule has 1 aliphatic rings. The van der Waals surface area contributed by atoms with Crippen molar-refractivity contribution in [1.82, 2.24) is 5.32 Å². The summed E-state index contributed by atoms with van der Waals surface area (Å²) < 4.78 is 0.133. The van der Waals surface area contributed by atoms with E-state index >= 15 is 0 Å². The van der Waals surface area contributed by atoms with E-state index in [1.807, 2.05) is 31.7 Å². The Bertz CT molecular complexity index is 455. The van der Waals surface area contributed by atoms with Crippen LogP contribution in [-0.4, -0.2) is 23.2 Å². The molecule has 0 saturated heterocycles. The van der Waals surface area contributed by atoms with Gasteiger partial charge in [0.25, 0.3) is 0 Å². The minimum Gasteiger partial charge on any atom is -0.353 e. The summed E-state index contributed by atoms with van der Waals surface area (Å²) in [6.07, 6.45) is 4.80. The van der Waals surface area contributed by atoms with E-state index in [2.05, 4.69) is 29.6 Å². The van der Waals surface area contributed by atoms with Crippen molar-refractivity contribution in [2.45, 2.75) is 55.2 Å². The molecule has 0 aromatic heterocycles.